The number of carbonyl (C=O) groups excluding carboxylic acids is 1. The molecule has 3 fully saturated rings. The van der Waals surface area contributed by atoms with Gasteiger partial charge in [0.15, 0.2) is 5.67 Å². The Hall–Kier alpha value is -1.64. The molecule has 0 unspecified atom stereocenters. The summed E-state index contributed by atoms with van der Waals surface area (Å²) in [5.41, 5.74) is -1.88. The van der Waals surface area contributed by atoms with Gasteiger partial charge in [0.1, 0.15) is 11.6 Å². The summed E-state index contributed by atoms with van der Waals surface area (Å²) in [5.74, 6) is -1.06. The summed E-state index contributed by atoms with van der Waals surface area (Å²) in [6.07, 6.45) is 3.44. The molecular weight excluding hydrogens is 445 g/mol. The van der Waals surface area contributed by atoms with E-state index in [4.69, 9.17) is 9.47 Å². The minimum Gasteiger partial charge on any atom is -0.381 e. The van der Waals surface area contributed by atoms with Crippen molar-refractivity contribution in [1.82, 2.24) is 9.80 Å². The van der Waals surface area contributed by atoms with Gasteiger partial charge < -0.3 is 19.3 Å². The van der Waals surface area contributed by atoms with Crippen LogP contribution in [0.25, 0.3) is 0 Å². The first-order valence-corrected chi connectivity index (χ1v) is 12.8. The van der Waals surface area contributed by atoms with Crippen LogP contribution in [0.2, 0.25) is 0 Å². The molecule has 0 aliphatic carbocycles. The summed E-state index contributed by atoms with van der Waals surface area (Å²) in [4.78, 5) is 16.8. The third-order valence-electron chi connectivity index (χ3n) is 7.14. The second-order valence-corrected chi connectivity index (χ2v) is 9.32. The van der Waals surface area contributed by atoms with Crippen LogP contribution in [0.15, 0.2) is 18.2 Å². The van der Waals surface area contributed by atoms with Crippen molar-refractivity contribution in [3.8, 4) is 0 Å². The van der Waals surface area contributed by atoms with E-state index in [9.17, 15) is 13.6 Å². The molecule has 8 heteroatoms. The average Bonchev–Trinajstić information content (AvgIpc) is 2.87. The molecule has 3 aliphatic heterocycles. The molecule has 0 saturated carbocycles. The third-order valence-corrected chi connectivity index (χ3v) is 7.14. The first-order chi connectivity index (χ1) is 16.4. The van der Waals surface area contributed by atoms with Gasteiger partial charge in [-0.15, -0.1) is 0 Å². The van der Waals surface area contributed by atoms with Gasteiger partial charge in [0.2, 0.25) is 0 Å². The standard InChI is InChI=1S/C24H33F3N2O3.C2H6/c25-21-2-1-3-22(26)20(21)17-32-19-4-10-29(11-5-19)23(30)24(27)8-12-28(13-9-24)16-18-6-14-31-15-7-18;1-2/h1-3,18-19H,4-17H2;1-2H3. The molecule has 0 N–H and O–H groups in total. The summed E-state index contributed by atoms with van der Waals surface area (Å²) in [7, 11) is 0. The van der Waals surface area contributed by atoms with Crippen LogP contribution in [0.1, 0.15) is 57.9 Å². The number of halogens is 3. The predicted octanol–water partition coefficient (Wildman–Crippen LogP) is 4.73. The molecule has 4 rings (SSSR count). The fourth-order valence-electron chi connectivity index (χ4n) is 4.98. The van der Waals surface area contributed by atoms with Crippen LogP contribution in [-0.4, -0.2) is 73.4 Å². The number of hydrogen-bond acceptors (Lipinski definition) is 4. The first kappa shape index (κ1) is 27.0. The first-order valence-electron chi connectivity index (χ1n) is 12.8. The minimum atomic E-state index is -1.80. The topological polar surface area (TPSA) is 42.0 Å². The normalized spacial score (nSPS) is 22.2. The number of hydrogen-bond donors (Lipinski definition) is 0. The maximum atomic E-state index is 15.5. The van der Waals surface area contributed by atoms with Crippen molar-refractivity contribution in [2.45, 2.75) is 70.8 Å². The van der Waals surface area contributed by atoms with E-state index < -0.39 is 23.2 Å². The van der Waals surface area contributed by atoms with Gasteiger partial charge in [-0.25, -0.2) is 13.2 Å². The van der Waals surface area contributed by atoms with Crippen molar-refractivity contribution in [3.05, 3.63) is 35.4 Å². The maximum absolute atomic E-state index is 15.5. The lowest BCUT2D eigenvalue weighted by atomic mass is 9.89. The zero-order valence-electron chi connectivity index (χ0n) is 20.5. The molecule has 34 heavy (non-hydrogen) atoms. The highest BCUT2D eigenvalue weighted by Gasteiger charge is 2.45. The van der Waals surface area contributed by atoms with Crippen molar-refractivity contribution >= 4 is 5.91 Å². The SMILES string of the molecule is CC.O=C(N1CCC(OCc2c(F)cccc2F)CC1)C1(F)CCN(CC2CCOCC2)CC1. The van der Waals surface area contributed by atoms with Gasteiger partial charge in [-0.3, -0.25) is 4.79 Å². The molecule has 5 nitrogen and oxygen atoms in total. The number of benzene rings is 1. The monoisotopic (exact) mass is 484 g/mol. The Morgan fingerprint density at radius 2 is 1.62 bits per heavy atom. The van der Waals surface area contributed by atoms with Gasteiger partial charge in [-0.05, 0) is 43.7 Å². The Balaban J connectivity index is 0.00000158. The number of piperidine rings is 2. The van der Waals surface area contributed by atoms with E-state index in [1.54, 1.807) is 4.90 Å². The summed E-state index contributed by atoms with van der Waals surface area (Å²) in [5, 5.41) is 0. The lowest BCUT2D eigenvalue weighted by Crippen LogP contribution is -2.54. The predicted molar refractivity (Wildman–Crippen MR) is 125 cm³/mol. The van der Waals surface area contributed by atoms with Gasteiger partial charge in [0.05, 0.1) is 12.7 Å². The smallest absolute Gasteiger partial charge is 0.260 e. The number of amides is 1. The fourth-order valence-corrected chi connectivity index (χ4v) is 4.98. The zero-order valence-corrected chi connectivity index (χ0v) is 20.5. The molecule has 3 saturated heterocycles. The molecule has 0 atom stereocenters. The summed E-state index contributed by atoms with van der Waals surface area (Å²) in [6.45, 7) is 8.44. The number of nitrogens with zero attached hydrogens (tertiary/aromatic N) is 2. The van der Waals surface area contributed by atoms with Crippen LogP contribution in [0.5, 0.6) is 0 Å². The van der Waals surface area contributed by atoms with E-state index >= 15 is 4.39 Å². The maximum Gasteiger partial charge on any atom is 0.260 e. The average molecular weight is 485 g/mol. The van der Waals surface area contributed by atoms with E-state index in [1.165, 1.54) is 18.2 Å². The van der Waals surface area contributed by atoms with Gasteiger partial charge in [0, 0.05) is 64.3 Å². The van der Waals surface area contributed by atoms with Crippen LogP contribution in [0, 0.1) is 17.6 Å². The summed E-state index contributed by atoms with van der Waals surface area (Å²) in [6, 6.07) is 3.73. The Morgan fingerprint density at radius 3 is 2.21 bits per heavy atom. The van der Waals surface area contributed by atoms with E-state index in [-0.39, 0.29) is 31.1 Å². The Kier molecular flexibility index (Phi) is 10.2. The fraction of sp³-hybridized carbons (Fsp3) is 0.731. The highest BCUT2D eigenvalue weighted by molar-refractivity contribution is 5.85. The van der Waals surface area contributed by atoms with Gasteiger partial charge in [0.25, 0.3) is 5.91 Å². The van der Waals surface area contributed by atoms with E-state index in [0.717, 1.165) is 32.6 Å². The zero-order chi connectivity index (χ0) is 24.6. The molecule has 0 bridgehead atoms. The minimum absolute atomic E-state index is 0.0822. The van der Waals surface area contributed by atoms with Crippen molar-refractivity contribution in [2.75, 3.05) is 45.9 Å². The third kappa shape index (κ3) is 6.95. The number of carbonyl (C=O) groups is 1. The Labute approximate surface area is 201 Å². The highest BCUT2D eigenvalue weighted by Crippen LogP contribution is 2.31. The van der Waals surface area contributed by atoms with Crippen LogP contribution in [-0.2, 0) is 20.9 Å². The number of alkyl halides is 1. The van der Waals surface area contributed by atoms with E-state index in [0.29, 0.717) is 44.9 Å². The number of ether oxygens (including phenoxy) is 2. The van der Waals surface area contributed by atoms with Crippen molar-refractivity contribution in [1.29, 1.82) is 0 Å². The van der Waals surface area contributed by atoms with Crippen LogP contribution < -0.4 is 0 Å². The molecule has 3 aliphatic rings. The van der Waals surface area contributed by atoms with Crippen molar-refractivity contribution in [2.24, 2.45) is 5.92 Å². The molecule has 192 valence electrons. The summed E-state index contributed by atoms with van der Waals surface area (Å²) < 4.78 is 54.1. The molecule has 0 radical (unpaired) electrons. The molecule has 0 spiro atoms. The second kappa shape index (κ2) is 12.9. The van der Waals surface area contributed by atoms with Crippen molar-refractivity contribution < 1.29 is 27.4 Å². The molecule has 3 heterocycles. The van der Waals surface area contributed by atoms with Gasteiger partial charge >= 0.3 is 0 Å². The van der Waals surface area contributed by atoms with Crippen LogP contribution >= 0.6 is 0 Å². The number of rotatable bonds is 6. The Morgan fingerprint density at radius 1 is 1.03 bits per heavy atom. The van der Waals surface area contributed by atoms with E-state index in [1.807, 2.05) is 13.8 Å². The van der Waals surface area contributed by atoms with Crippen molar-refractivity contribution in [3.63, 3.8) is 0 Å². The Bertz CT molecular complexity index is 752. The molecule has 1 aromatic rings. The number of likely N-dealkylation sites (tertiary alicyclic amines) is 2. The largest absolute Gasteiger partial charge is 0.381 e. The van der Waals surface area contributed by atoms with Crippen LogP contribution in [0.4, 0.5) is 13.2 Å². The van der Waals surface area contributed by atoms with Gasteiger partial charge in [-0.1, -0.05) is 19.9 Å². The van der Waals surface area contributed by atoms with Crippen LogP contribution in [0.3, 0.4) is 0 Å². The van der Waals surface area contributed by atoms with E-state index in [2.05, 4.69) is 4.90 Å². The molecule has 1 amide bonds. The highest BCUT2D eigenvalue weighted by atomic mass is 19.1. The lowest BCUT2D eigenvalue weighted by molar-refractivity contribution is -0.150. The quantitative estimate of drug-likeness (QED) is 0.586. The molecule has 1 aromatic carbocycles. The second-order valence-electron chi connectivity index (χ2n) is 9.32. The molecular formula is C26H39F3N2O3. The van der Waals surface area contributed by atoms with Gasteiger partial charge in [-0.2, -0.15) is 0 Å². The lowest BCUT2D eigenvalue weighted by Gasteiger charge is -2.41. The molecule has 0 aromatic heterocycles. The summed E-state index contributed by atoms with van der Waals surface area (Å²) >= 11 is 0.